The number of fused-ring (bicyclic) bond motifs is 2. The van der Waals surface area contributed by atoms with E-state index in [4.69, 9.17) is 0 Å². The Balaban J connectivity index is 1.60. The number of hydrogen-bond acceptors (Lipinski definition) is 2. The van der Waals surface area contributed by atoms with E-state index in [9.17, 15) is 4.79 Å². The second kappa shape index (κ2) is 4.30. The Labute approximate surface area is 116 Å². The van der Waals surface area contributed by atoms with Gasteiger partial charge in [-0.05, 0) is 35.6 Å². The molecule has 0 radical (unpaired) electrons. The molecule has 4 rings (SSSR count). The van der Waals surface area contributed by atoms with Gasteiger partial charge in [0.05, 0.1) is 17.3 Å². The maximum absolute atomic E-state index is 12.5. The first-order valence-electron chi connectivity index (χ1n) is 6.86. The molecule has 2 heterocycles. The molecule has 0 N–H and O–H groups in total. The van der Waals surface area contributed by atoms with E-state index in [1.165, 1.54) is 11.1 Å². The summed E-state index contributed by atoms with van der Waals surface area (Å²) in [6.45, 7) is 0. The Morgan fingerprint density at radius 1 is 1.20 bits per heavy atom. The van der Waals surface area contributed by atoms with Gasteiger partial charge in [-0.1, -0.05) is 30.3 Å². The molecule has 1 aliphatic carbocycles. The van der Waals surface area contributed by atoms with Gasteiger partial charge in [-0.2, -0.15) is 5.10 Å². The van der Waals surface area contributed by atoms with E-state index >= 15 is 0 Å². The van der Waals surface area contributed by atoms with E-state index < -0.39 is 0 Å². The van der Waals surface area contributed by atoms with Crippen molar-refractivity contribution in [3.63, 3.8) is 0 Å². The zero-order valence-electron chi connectivity index (χ0n) is 11.0. The normalized spacial score (nSPS) is 16.7. The summed E-state index contributed by atoms with van der Waals surface area (Å²) in [5, 5.41) is 4.23. The molecule has 1 aromatic carbocycles. The van der Waals surface area contributed by atoms with Crippen molar-refractivity contribution in [2.75, 3.05) is 0 Å². The molecule has 1 atom stereocenters. The Morgan fingerprint density at radius 3 is 2.95 bits per heavy atom. The number of carbonyl (C=O) groups is 1. The SMILES string of the molecule is O=C(CC1Cc2ccccc21)c1cnn2ccccc12. The van der Waals surface area contributed by atoms with Crippen molar-refractivity contribution in [3.05, 3.63) is 71.5 Å². The lowest BCUT2D eigenvalue weighted by Crippen LogP contribution is -2.20. The van der Waals surface area contributed by atoms with Crippen molar-refractivity contribution < 1.29 is 4.79 Å². The summed E-state index contributed by atoms with van der Waals surface area (Å²) in [5.74, 6) is 0.558. The maximum atomic E-state index is 12.5. The Bertz CT molecular complexity index is 803. The van der Waals surface area contributed by atoms with Crippen LogP contribution in [0.1, 0.15) is 33.8 Å². The number of benzene rings is 1. The number of nitrogens with zero attached hydrogens (tertiary/aromatic N) is 2. The second-order valence-corrected chi connectivity index (χ2v) is 5.32. The van der Waals surface area contributed by atoms with Crippen LogP contribution in [-0.4, -0.2) is 15.4 Å². The zero-order chi connectivity index (χ0) is 13.5. The van der Waals surface area contributed by atoms with E-state index in [1.807, 2.05) is 30.5 Å². The van der Waals surface area contributed by atoms with Gasteiger partial charge in [0.25, 0.3) is 0 Å². The van der Waals surface area contributed by atoms with Crippen molar-refractivity contribution in [3.8, 4) is 0 Å². The predicted molar refractivity (Wildman–Crippen MR) is 77.0 cm³/mol. The van der Waals surface area contributed by atoms with Crippen LogP contribution in [0.4, 0.5) is 0 Å². The average molecular weight is 262 g/mol. The molecular weight excluding hydrogens is 248 g/mol. The predicted octanol–water partition coefficient (Wildman–Crippen LogP) is 3.25. The van der Waals surface area contributed by atoms with Gasteiger partial charge in [-0.25, -0.2) is 4.52 Å². The van der Waals surface area contributed by atoms with Crippen LogP contribution in [0, 0.1) is 0 Å². The molecule has 20 heavy (non-hydrogen) atoms. The van der Waals surface area contributed by atoms with Gasteiger partial charge < -0.3 is 0 Å². The second-order valence-electron chi connectivity index (χ2n) is 5.32. The van der Waals surface area contributed by atoms with Gasteiger partial charge >= 0.3 is 0 Å². The minimum atomic E-state index is 0.186. The average Bonchev–Trinajstić information content (AvgIpc) is 2.88. The Hall–Kier alpha value is -2.42. The van der Waals surface area contributed by atoms with Crippen LogP contribution in [0.15, 0.2) is 54.9 Å². The van der Waals surface area contributed by atoms with Crippen LogP contribution in [0.5, 0.6) is 0 Å². The van der Waals surface area contributed by atoms with Gasteiger partial charge in [0.15, 0.2) is 5.78 Å². The highest BCUT2D eigenvalue weighted by molar-refractivity contribution is 6.02. The zero-order valence-corrected chi connectivity index (χ0v) is 11.0. The summed E-state index contributed by atoms with van der Waals surface area (Å²) in [5.41, 5.74) is 4.34. The van der Waals surface area contributed by atoms with E-state index in [0.717, 1.165) is 17.5 Å². The van der Waals surface area contributed by atoms with Gasteiger partial charge in [-0.3, -0.25) is 4.79 Å². The third-order valence-corrected chi connectivity index (χ3v) is 4.12. The van der Waals surface area contributed by atoms with Crippen molar-refractivity contribution >= 4 is 11.3 Å². The minimum Gasteiger partial charge on any atom is -0.294 e. The molecule has 3 nitrogen and oxygen atoms in total. The third kappa shape index (κ3) is 1.67. The standard InChI is InChI=1S/C17H14N2O/c20-17(10-13-9-12-5-1-2-6-14(12)13)15-11-18-19-8-4-3-7-16(15)19/h1-8,11,13H,9-10H2. The molecule has 3 aromatic rings. The molecule has 0 amide bonds. The van der Waals surface area contributed by atoms with Gasteiger partial charge in [0.2, 0.25) is 0 Å². The minimum absolute atomic E-state index is 0.186. The first-order valence-corrected chi connectivity index (χ1v) is 6.86. The molecule has 98 valence electrons. The van der Waals surface area contributed by atoms with Crippen LogP contribution >= 0.6 is 0 Å². The molecule has 1 unspecified atom stereocenters. The molecule has 0 aliphatic heterocycles. The van der Waals surface area contributed by atoms with Crippen LogP contribution < -0.4 is 0 Å². The van der Waals surface area contributed by atoms with Crippen LogP contribution in [0.25, 0.3) is 5.52 Å². The fraction of sp³-hybridized carbons (Fsp3) is 0.176. The van der Waals surface area contributed by atoms with Crippen LogP contribution in [-0.2, 0) is 6.42 Å². The molecular formula is C17H14N2O. The van der Waals surface area contributed by atoms with Gasteiger partial charge in [0.1, 0.15) is 0 Å². The molecule has 0 bridgehead atoms. The molecule has 0 saturated carbocycles. The van der Waals surface area contributed by atoms with Crippen molar-refractivity contribution in [1.82, 2.24) is 9.61 Å². The number of ketones is 1. The number of carbonyl (C=O) groups excluding carboxylic acids is 1. The summed E-state index contributed by atoms with van der Waals surface area (Å²) in [6, 6.07) is 14.2. The summed E-state index contributed by atoms with van der Waals surface area (Å²) in [6.07, 6.45) is 5.14. The smallest absolute Gasteiger partial charge is 0.167 e. The number of rotatable bonds is 3. The first kappa shape index (κ1) is 11.4. The van der Waals surface area contributed by atoms with E-state index in [0.29, 0.717) is 12.3 Å². The Kier molecular flexibility index (Phi) is 2.46. The van der Waals surface area contributed by atoms with Crippen LogP contribution in [0.2, 0.25) is 0 Å². The van der Waals surface area contributed by atoms with Gasteiger partial charge in [0, 0.05) is 12.6 Å². The topological polar surface area (TPSA) is 34.4 Å². The summed E-state index contributed by atoms with van der Waals surface area (Å²) in [4.78, 5) is 12.5. The highest BCUT2D eigenvalue weighted by atomic mass is 16.1. The maximum Gasteiger partial charge on any atom is 0.167 e. The van der Waals surface area contributed by atoms with Crippen molar-refractivity contribution in [2.24, 2.45) is 0 Å². The highest BCUT2D eigenvalue weighted by Crippen LogP contribution is 2.38. The number of hydrogen-bond donors (Lipinski definition) is 0. The number of aromatic nitrogens is 2. The molecule has 1 aliphatic rings. The van der Waals surface area contributed by atoms with Gasteiger partial charge in [-0.15, -0.1) is 0 Å². The molecule has 0 saturated heterocycles. The lowest BCUT2D eigenvalue weighted by Gasteiger charge is -2.29. The summed E-state index contributed by atoms with van der Waals surface area (Å²) in [7, 11) is 0. The molecule has 0 fully saturated rings. The van der Waals surface area contributed by atoms with E-state index in [1.54, 1.807) is 10.7 Å². The third-order valence-electron chi connectivity index (χ3n) is 4.12. The first-order chi connectivity index (χ1) is 9.83. The van der Waals surface area contributed by atoms with Crippen molar-refractivity contribution in [2.45, 2.75) is 18.8 Å². The highest BCUT2D eigenvalue weighted by Gasteiger charge is 2.28. The van der Waals surface area contributed by atoms with Crippen LogP contribution in [0.3, 0.4) is 0 Å². The lowest BCUT2D eigenvalue weighted by molar-refractivity contribution is 0.0972. The summed E-state index contributed by atoms with van der Waals surface area (Å²) < 4.78 is 1.75. The fourth-order valence-corrected chi connectivity index (χ4v) is 3.03. The van der Waals surface area contributed by atoms with E-state index in [-0.39, 0.29) is 5.78 Å². The van der Waals surface area contributed by atoms with Crippen molar-refractivity contribution in [1.29, 1.82) is 0 Å². The quantitative estimate of drug-likeness (QED) is 0.679. The molecule has 0 spiro atoms. The number of Topliss-reactive ketones (excluding diaryl/α,β-unsaturated/α-hetero) is 1. The fourth-order valence-electron chi connectivity index (χ4n) is 3.03. The Morgan fingerprint density at radius 2 is 2.05 bits per heavy atom. The summed E-state index contributed by atoms with van der Waals surface area (Å²) >= 11 is 0. The number of pyridine rings is 1. The largest absolute Gasteiger partial charge is 0.294 e. The molecule has 2 aromatic heterocycles. The monoisotopic (exact) mass is 262 g/mol. The van der Waals surface area contributed by atoms with E-state index in [2.05, 4.69) is 23.3 Å². The lowest BCUT2D eigenvalue weighted by atomic mass is 9.74. The molecule has 3 heteroatoms.